The lowest BCUT2D eigenvalue weighted by molar-refractivity contribution is 0.219. The van der Waals surface area contributed by atoms with Gasteiger partial charge in [0, 0.05) is 22.5 Å². The fraction of sp³-hybridized carbons (Fsp3) is 0.333. The highest BCUT2D eigenvalue weighted by Crippen LogP contribution is 2.31. The Balaban J connectivity index is 2.73. The second kappa shape index (κ2) is 3.35. The number of aromatic nitrogens is 1. The summed E-state index contributed by atoms with van der Waals surface area (Å²) in [5.41, 5.74) is 1.16. The largest absolute Gasteiger partial charge is 0.395 e. The number of hydrogen-bond donors (Lipinski definition) is 2. The minimum atomic E-state index is -0.430. The molecule has 0 aliphatic rings. The van der Waals surface area contributed by atoms with Crippen LogP contribution in [0, 0.1) is 5.82 Å². The fourth-order valence-electron chi connectivity index (χ4n) is 1.76. The maximum absolute atomic E-state index is 13.6. The summed E-state index contributed by atoms with van der Waals surface area (Å²) < 4.78 is 13.6. The molecule has 2 aromatic rings. The highest BCUT2D eigenvalue weighted by molar-refractivity contribution is 5.84. The van der Waals surface area contributed by atoms with Crippen LogP contribution < -0.4 is 0 Å². The van der Waals surface area contributed by atoms with Crippen LogP contribution >= 0.6 is 0 Å². The van der Waals surface area contributed by atoms with E-state index in [4.69, 9.17) is 0 Å². The lowest BCUT2D eigenvalue weighted by atomic mass is 9.85. The van der Waals surface area contributed by atoms with Crippen LogP contribution in [-0.4, -0.2) is 16.7 Å². The van der Waals surface area contributed by atoms with Gasteiger partial charge in [0.15, 0.2) is 0 Å². The Hall–Kier alpha value is -1.35. The Morgan fingerprint density at radius 3 is 2.80 bits per heavy atom. The smallest absolute Gasteiger partial charge is 0.132 e. The fourth-order valence-corrected chi connectivity index (χ4v) is 1.76. The molecule has 0 bridgehead atoms. The molecule has 0 saturated carbocycles. The van der Waals surface area contributed by atoms with Crippen LogP contribution in [0.15, 0.2) is 24.4 Å². The van der Waals surface area contributed by atoms with Crippen molar-refractivity contribution < 1.29 is 9.50 Å². The molecule has 2 rings (SSSR count). The van der Waals surface area contributed by atoms with Crippen LogP contribution in [0.25, 0.3) is 10.9 Å². The molecule has 2 N–H and O–H groups in total. The van der Waals surface area contributed by atoms with E-state index in [-0.39, 0.29) is 12.4 Å². The van der Waals surface area contributed by atoms with E-state index in [1.54, 1.807) is 12.3 Å². The molecule has 1 aromatic carbocycles. The second-order valence-corrected chi connectivity index (χ2v) is 4.41. The van der Waals surface area contributed by atoms with Crippen LogP contribution in [0.1, 0.15) is 19.4 Å². The standard InChI is InChI=1S/C12H14FNO/c1-12(2,7-15)8-6-14-10-5-3-4-9(13)11(8)10/h3-6,14-15H,7H2,1-2H3. The SMILES string of the molecule is CC(C)(CO)c1c[nH]c2cccc(F)c12. The average Bonchev–Trinajstić information content (AvgIpc) is 2.63. The number of aliphatic hydroxyl groups is 1. The molecule has 0 fully saturated rings. The van der Waals surface area contributed by atoms with Crippen molar-refractivity contribution in [2.45, 2.75) is 19.3 Å². The van der Waals surface area contributed by atoms with Crippen molar-refractivity contribution in [3.05, 3.63) is 35.8 Å². The first kappa shape index (κ1) is 10.2. The first-order chi connectivity index (χ1) is 7.06. The van der Waals surface area contributed by atoms with Crippen molar-refractivity contribution in [3.8, 4) is 0 Å². The molecule has 15 heavy (non-hydrogen) atoms. The summed E-state index contributed by atoms with van der Waals surface area (Å²) >= 11 is 0. The summed E-state index contributed by atoms with van der Waals surface area (Å²) in [6.45, 7) is 3.78. The van der Waals surface area contributed by atoms with Crippen molar-refractivity contribution in [3.63, 3.8) is 0 Å². The van der Waals surface area contributed by atoms with Gasteiger partial charge in [0.2, 0.25) is 0 Å². The zero-order chi connectivity index (χ0) is 11.1. The van der Waals surface area contributed by atoms with Gasteiger partial charge in [-0.25, -0.2) is 4.39 Å². The van der Waals surface area contributed by atoms with Gasteiger partial charge in [-0.15, -0.1) is 0 Å². The molecule has 1 heterocycles. The molecule has 0 atom stereocenters. The quantitative estimate of drug-likeness (QED) is 0.780. The van der Waals surface area contributed by atoms with E-state index in [9.17, 15) is 9.50 Å². The van der Waals surface area contributed by atoms with Crippen LogP contribution in [-0.2, 0) is 5.41 Å². The topological polar surface area (TPSA) is 36.0 Å². The third-order valence-corrected chi connectivity index (χ3v) is 2.78. The normalized spacial score (nSPS) is 12.3. The van der Waals surface area contributed by atoms with Crippen LogP contribution in [0.3, 0.4) is 0 Å². The molecule has 3 heteroatoms. The molecule has 1 aromatic heterocycles. The number of aliphatic hydroxyl groups excluding tert-OH is 1. The minimum Gasteiger partial charge on any atom is -0.395 e. The number of halogens is 1. The highest BCUT2D eigenvalue weighted by atomic mass is 19.1. The predicted molar refractivity (Wildman–Crippen MR) is 58.4 cm³/mol. The van der Waals surface area contributed by atoms with Crippen LogP contribution in [0.2, 0.25) is 0 Å². The van der Waals surface area contributed by atoms with E-state index >= 15 is 0 Å². The van der Waals surface area contributed by atoms with E-state index in [0.717, 1.165) is 11.1 Å². The van der Waals surface area contributed by atoms with Gasteiger partial charge < -0.3 is 10.1 Å². The molecule has 0 aliphatic carbocycles. The van der Waals surface area contributed by atoms with Crippen molar-refractivity contribution in [2.75, 3.05) is 6.61 Å². The third kappa shape index (κ3) is 1.53. The van der Waals surface area contributed by atoms with E-state index in [2.05, 4.69) is 4.98 Å². The molecule has 2 nitrogen and oxygen atoms in total. The summed E-state index contributed by atoms with van der Waals surface area (Å²) in [4.78, 5) is 3.02. The number of fused-ring (bicyclic) bond motifs is 1. The maximum Gasteiger partial charge on any atom is 0.132 e. The molecule has 0 saturated heterocycles. The van der Waals surface area contributed by atoms with Gasteiger partial charge in [0.25, 0.3) is 0 Å². The van der Waals surface area contributed by atoms with E-state index in [1.807, 2.05) is 19.9 Å². The van der Waals surface area contributed by atoms with E-state index in [0.29, 0.717) is 5.39 Å². The van der Waals surface area contributed by atoms with Gasteiger partial charge in [-0.05, 0) is 17.7 Å². The molecule has 0 radical (unpaired) electrons. The monoisotopic (exact) mass is 207 g/mol. The second-order valence-electron chi connectivity index (χ2n) is 4.41. The average molecular weight is 207 g/mol. The van der Waals surface area contributed by atoms with Gasteiger partial charge in [0.1, 0.15) is 5.82 Å². The Morgan fingerprint density at radius 2 is 2.13 bits per heavy atom. The number of nitrogens with one attached hydrogen (secondary N) is 1. The molecular formula is C12H14FNO. The number of benzene rings is 1. The Kier molecular flexibility index (Phi) is 2.27. The Morgan fingerprint density at radius 1 is 1.40 bits per heavy atom. The summed E-state index contributed by atoms with van der Waals surface area (Å²) in [5, 5.41) is 9.86. The Bertz CT molecular complexity index is 487. The van der Waals surface area contributed by atoms with Gasteiger partial charge in [-0.3, -0.25) is 0 Å². The third-order valence-electron chi connectivity index (χ3n) is 2.78. The molecule has 0 amide bonds. The lowest BCUT2D eigenvalue weighted by Crippen LogP contribution is -2.21. The lowest BCUT2D eigenvalue weighted by Gasteiger charge is -2.21. The maximum atomic E-state index is 13.6. The van der Waals surface area contributed by atoms with Crippen molar-refractivity contribution in [1.29, 1.82) is 0 Å². The van der Waals surface area contributed by atoms with Crippen molar-refractivity contribution >= 4 is 10.9 Å². The predicted octanol–water partition coefficient (Wildman–Crippen LogP) is 2.58. The van der Waals surface area contributed by atoms with Crippen molar-refractivity contribution in [2.24, 2.45) is 0 Å². The summed E-state index contributed by atoms with van der Waals surface area (Å²) in [7, 11) is 0. The number of hydrogen-bond acceptors (Lipinski definition) is 1. The van der Waals surface area contributed by atoms with Crippen LogP contribution in [0.4, 0.5) is 4.39 Å². The van der Waals surface area contributed by atoms with Crippen molar-refractivity contribution in [1.82, 2.24) is 4.98 Å². The molecule has 0 unspecified atom stereocenters. The first-order valence-corrected chi connectivity index (χ1v) is 4.93. The number of H-pyrrole nitrogens is 1. The zero-order valence-electron chi connectivity index (χ0n) is 8.84. The van der Waals surface area contributed by atoms with Gasteiger partial charge in [-0.1, -0.05) is 19.9 Å². The van der Waals surface area contributed by atoms with Gasteiger partial charge in [-0.2, -0.15) is 0 Å². The first-order valence-electron chi connectivity index (χ1n) is 4.93. The summed E-state index contributed by atoms with van der Waals surface area (Å²) in [5.74, 6) is -0.245. The molecular weight excluding hydrogens is 193 g/mol. The summed E-state index contributed by atoms with van der Waals surface area (Å²) in [6, 6.07) is 4.94. The number of rotatable bonds is 2. The number of aromatic amines is 1. The molecule has 80 valence electrons. The Labute approximate surface area is 87.7 Å². The zero-order valence-corrected chi connectivity index (χ0v) is 8.84. The van der Waals surface area contributed by atoms with E-state index < -0.39 is 5.41 Å². The minimum absolute atomic E-state index is 0.00567. The highest BCUT2D eigenvalue weighted by Gasteiger charge is 2.24. The van der Waals surface area contributed by atoms with E-state index in [1.165, 1.54) is 6.07 Å². The van der Waals surface area contributed by atoms with Gasteiger partial charge >= 0.3 is 0 Å². The van der Waals surface area contributed by atoms with Gasteiger partial charge in [0.05, 0.1) is 6.61 Å². The molecule has 0 spiro atoms. The molecule has 0 aliphatic heterocycles. The summed E-state index contributed by atoms with van der Waals surface area (Å²) in [6.07, 6.45) is 1.77. The van der Waals surface area contributed by atoms with Crippen LogP contribution in [0.5, 0.6) is 0 Å².